The molecule has 0 aliphatic rings. The van der Waals surface area contributed by atoms with E-state index in [2.05, 4.69) is 26.6 Å². The molecule has 0 bridgehead atoms. The molecule has 0 saturated heterocycles. The van der Waals surface area contributed by atoms with Gasteiger partial charge < -0.3 is 10.6 Å². The Morgan fingerprint density at radius 2 is 1.85 bits per heavy atom. The fraction of sp³-hybridized carbons (Fsp3) is 0.467. The Labute approximate surface area is 128 Å². The van der Waals surface area contributed by atoms with Crippen molar-refractivity contribution in [3.8, 4) is 0 Å². The van der Waals surface area contributed by atoms with Gasteiger partial charge in [-0.1, -0.05) is 36.7 Å². The summed E-state index contributed by atoms with van der Waals surface area (Å²) in [6.45, 7) is 7.86. The SMILES string of the molecule is Cc1cc(Br)ccc1NC(=O)CNC(=O)CC(C)(C)C. The normalized spacial score (nSPS) is 11.1. The van der Waals surface area contributed by atoms with E-state index in [0.717, 1.165) is 15.7 Å². The molecule has 2 N–H and O–H groups in total. The van der Waals surface area contributed by atoms with Crippen LogP contribution in [0.2, 0.25) is 0 Å². The minimum Gasteiger partial charge on any atom is -0.347 e. The summed E-state index contributed by atoms with van der Waals surface area (Å²) in [5, 5.41) is 5.41. The van der Waals surface area contributed by atoms with Gasteiger partial charge in [0, 0.05) is 16.6 Å². The van der Waals surface area contributed by atoms with Crippen LogP contribution >= 0.6 is 15.9 Å². The topological polar surface area (TPSA) is 58.2 Å². The third-order valence-electron chi connectivity index (χ3n) is 2.60. The van der Waals surface area contributed by atoms with E-state index in [1.807, 2.05) is 45.9 Å². The molecule has 4 nitrogen and oxygen atoms in total. The summed E-state index contributed by atoms with van der Waals surface area (Å²) >= 11 is 3.37. The third kappa shape index (κ3) is 6.19. The molecular weight excluding hydrogens is 320 g/mol. The Balaban J connectivity index is 2.46. The van der Waals surface area contributed by atoms with Crippen LogP contribution in [-0.2, 0) is 9.59 Å². The molecule has 0 heterocycles. The highest BCUT2D eigenvalue weighted by Gasteiger charge is 2.16. The second-order valence-corrected chi connectivity index (χ2v) is 6.94. The highest BCUT2D eigenvalue weighted by atomic mass is 79.9. The number of anilines is 1. The molecule has 0 atom stereocenters. The Hall–Kier alpha value is -1.36. The monoisotopic (exact) mass is 340 g/mol. The molecule has 20 heavy (non-hydrogen) atoms. The van der Waals surface area contributed by atoms with E-state index in [9.17, 15) is 9.59 Å². The predicted octanol–water partition coefficient (Wildman–Crippen LogP) is 3.25. The van der Waals surface area contributed by atoms with Crippen molar-refractivity contribution < 1.29 is 9.59 Å². The summed E-state index contributed by atoms with van der Waals surface area (Å²) < 4.78 is 0.964. The predicted molar refractivity (Wildman–Crippen MR) is 84.6 cm³/mol. The quantitative estimate of drug-likeness (QED) is 0.883. The van der Waals surface area contributed by atoms with Crippen molar-refractivity contribution >= 4 is 33.4 Å². The third-order valence-corrected chi connectivity index (χ3v) is 3.09. The first kappa shape index (κ1) is 16.7. The number of hydrogen-bond acceptors (Lipinski definition) is 2. The second-order valence-electron chi connectivity index (χ2n) is 6.02. The van der Waals surface area contributed by atoms with Crippen molar-refractivity contribution in [3.05, 3.63) is 28.2 Å². The van der Waals surface area contributed by atoms with Gasteiger partial charge in [0.1, 0.15) is 0 Å². The summed E-state index contributed by atoms with van der Waals surface area (Å²) in [4.78, 5) is 23.4. The molecule has 0 aliphatic carbocycles. The average molecular weight is 341 g/mol. The lowest BCUT2D eigenvalue weighted by Gasteiger charge is -2.17. The smallest absolute Gasteiger partial charge is 0.243 e. The van der Waals surface area contributed by atoms with Crippen molar-refractivity contribution in [3.63, 3.8) is 0 Å². The minimum absolute atomic E-state index is 0.00951. The van der Waals surface area contributed by atoms with Crippen LogP contribution < -0.4 is 10.6 Å². The number of rotatable bonds is 4. The van der Waals surface area contributed by atoms with E-state index in [1.54, 1.807) is 0 Å². The maximum Gasteiger partial charge on any atom is 0.243 e. The van der Waals surface area contributed by atoms with Crippen LogP contribution in [0.3, 0.4) is 0 Å². The van der Waals surface area contributed by atoms with E-state index in [-0.39, 0.29) is 23.8 Å². The number of benzene rings is 1. The molecular formula is C15H21BrN2O2. The highest BCUT2D eigenvalue weighted by Crippen LogP contribution is 2.20. The zero-order chi connectivity index (χ0) is 15.3. The number of carbonyl (C=O) groups excluding carboxylic acids is 2. The Bertz CT molecular complexity index is 507. The van der Waals surface area contributed by atoms with Crippen LogP contribution in [0.1, 0.15) is 32.8 Å². The molecule has 2 amide bonds. The molecule has 0 aromatic heterocycles. The van der Waals surface area contributed by atoms with Gasteiger partial charge in [-0.3, -0.25) is 9.59 Å². The molecule has 1 rings (SSSR count). The molecule has 1 aromatic carbocycles. The van der Waals surface area contributed by atoms with Crippen molar-refractivity contribution in [1.29, 1.82) is 0 Å². The number of nitrogens with one attached hydrogen (secondary N) is 2. The van der Waals surface area contributed by atoms with E-state index in [0.29, 0.717) is 6.42 Å². The maximum absolute atomic E-state index is 11.8. The largest absolute Gasteiger partial charge is 0.347 e. The van der Waals surface area contributed by atoms with Gasteiger partial charge in [0.2, 0.25) is 11.8 Å². The first-order valence-electron chi connectivity index (χ1n) is 6.50. The zero-order valence-corrected chi connectivity index (χ0v) is 13.9. The minimum atomic E-state index is -0.224. The first-order chi connectivity index (χ1) is 9.17. The van der Waals surface area contributed by atoms with E-state index >= 15 is 0 Å². The summed E-state index contributed by atoms with van der Waals surface area (Å²) in [7, 11) is 0. The van der Waals surface area contributed by atoms with Gasteiger partial charge in [-0.05, 0) is 36.1 Å². The zero-order valence-electron chi connectivity index (χ0n) is 12.3. The molecule has 0 spiro atoms. The molecule has 0 aliphatic heterocycles. The second kappa shape index (κ2) is 6.88. The van der Waals surface area contributed by atoms with Crippen LogP contribution in [-0.4, -0.2) is 18.4 Å². The Kier molecular flexibility index (Phi) is 5.74. The molecule has 5 heteroatoms. The van der Waals surface area contributed by atoms with Crippen molar-refractivity contribution in [2.45, 2.75) is 34.1 Å². The number of halogens is 1. The standard InChI is InChI=1S/C15H21BrN2O2/c1-10-7-11(16)5-6-12(10)18-14(20)9-17-13(19)8-15(2,3)4/h5-7H,8-9H2,1-4H3,(H,17,19)(H,18,20). The molecule has 0 unspecified atom stereocenters. The van der Waals surface area contributed by atoms with E-state index in [1.165, 1.54) is 0 Å². The van der Waals surface area contributed by atoms with Crippen molar-refractivity contribution in [2.24, 2.45) is 5.41 Å². The fourth-order valence-corrected chi connectivity index (χ4v) is 2.16. The van der Waals surface area contributed by atoms with Gasteiger partial charge in [0.25, 0.3) is 0 Å². The summed E-state index contributed by atoms with van der Waals surface area (Å²) in [6, 6.07) is 5.61. The van der Waals surface area contributed by atoms with Crippen molar-refractivity contribution in [2.75, 3.05) is 11.9 Å². The number of amides is 2. The summed E-state index contributed by atoms with van der Waals surface area (Å²) in [5.41, 5.74) is 1.64. The van der Waals surface area contributed by atoms with Crippen LogP contribution in [0.5, 0.6) is 0 Å². The van der Waals surface area contributed by atoms with Crippen molar-refractivity contribution in [1.82, 2.24) is 5.32 Å². The molecule has 110 valence electrons. The van der Waals surface area contributed by atoms with Gasteiger partial charge in [0.15, 0.2) is 0 Å². The molecule has 0 saturated carbocycles. The lowest BCUT2D eigenvalue weighted by molar-refractivity contribution is -0.125. The van der Waals surface area contributed by atoms with Crippen LogP contribution in [0.25, 0.3) is 0 Å². The number of aryl methyl sites for hydroxylation is 1. The Morgan fingerprint density at radius 3 is 2.40 bits per heavy atom. The molecule has 0 fully saturated rings. The molecule has 1 aromatic rings. The summed E-state index contributed by atoms with van der Waals surface area (Å²) in [6.07, 6.45) is 0.400. The van der Waals surface area contributed by atoms with Crippen LogP contribution in [0.15, 0.2) is 22.7 Å². The van der Waals surface area contributed by atoms with Gasteiger partial charge >= 0.3 is 0 Å². The first-order valence-corrected chi connectivity index (χ1v) is 7.29. The summed E-state index contributed by atoms with van der Waals surface area (Å²) in [5.74, 6) is -0.335. The highest BCUT2D eigenvalue weighted by molar-refractivity contribution is 9.10. The van der Waals surface area contributed by atoms with Gasteiger partial charge in [-0.2, -0.15) is 0 Å². The van der Waals surface area contributed by atoms with Crippen LogP contribution in [0, 0.1) is 12.3 Å². The average Bonchev–Trinajstić information content (AvgIpc) is 2.28. The van der Waals surface area contributed by atoms with Gasteiger partial charge in [-0.25, -0.2) is 0 Å². The van der Waals surface area contributed by atoms with Gasteiger partial charge in [-0.15, -0.1) is 0 Å². The lowest BCUT2D eigenvalue weighted by atomic mass is 9.92. The molecule has 0 radical (unpaired) electrons. The Morgan fingerprint density at radius 1 is 1.20 bits per heavy atom. The van der Waals surface area contributed by atoms with Gasteiger partial charge in [0.05, 0.1) is 6.54 Å². The lowest BCUT2D eigenvalue weighted by Crippen LogP contribution is -2.34. The van der Waals surface area contributed by atoms with E-state index < -0.39 is 0 Å². The van der Waals surface area contributed by atoms with E-state index in [4.69, 9.17) is 0 Å². The number of carbonyl (C=O) groups is 2. The maximum atomic E-state index is 11.8. The van der Waals surface area contributed by atoms with Crippen LogP contribution in [0.4, 0.5) is 5.69 Å². The fourth-order valence-electron chi connectivity index (χ4n) is 1.68. The number of hydrogen-bond donors (Lipinski definition) is 2.